The molecule has 4 aromatic rings. The molecule has 0 radical (unpaired) electrons. The summed E-state index contributed by atoms with van der Waals surface area (Å²) in [6, 6.07) is 15.4. The molecule has 124 valence electrons. The minimum absolute atomic E-state index is 0.172. The van der Waals surface area contributed by atoms with Crippen LogP contribution in [0, 0.1) is 0 Å². The van der Waals surface area contributed by atoms with Crippen molar-refractivity contribution in [1.82, 2.24) is 19.9 Å². The monoisotopic (exact) mass is 332 g/mol. The van der Waals surface area contributed by atoms with Crippen molar-refractivity contribution in [3.63, 3.8) is 0 Å². The second-order valence-corrected chi connectivity index (χ2v) is 5.61. The molecule has 0 spiro atoms. The van der Waals surface area contributed by atoms with E-state index < -0.39 is 0 Å². The van der Waals surface area contributed by atoms with Crippen LogP contribution in [-0.4, -0.2) is 27.0 Å². The van der Waals surface area contributed by atoms with Crippen LogP contribution in [0.3, 0.4) is 0 Å². The Morgan fingerprint density at radius 2 is 2.04 bits per heavy atom. The number of carbonyl (C=O) groups is 1. The topological polar surface area (TPSA) is 72.4 Å². The molecule has 6 nitrogen and oxygen atoms in total. The van der Waals surface area contributed by atoms with Gasteiger partial charge >= 0.3 is 0 Å². The third-order valence-corrected chi connectivity index (χ3v) is 3.88. The molecule has 0 aliphatic rings. The van der Waals surface area contributed by atoms with E-state index in [1.165, 1.54) is 6.08 Å². The first-order valence-electron chi connectivity index (χ1n) is 8.03. The number of furan rings is 1. The maximum absolute atomic E-state index is 11.9. The molecule has 6 heteroatoms. The lowest BCUT2D eigenvalue weighted by atomic mass is 10.2. The fraction of sp³-hybridized carbons (Fsp3) is 0.105. The maximum atomic E-state index is 11.9. The standard InChI is InChI=1S/C19H16N4O2/c24-19(9-8-15-13-14-5-1-2-6-16(14)25-15)20-11-10-18-22-21-17-7-3-4-12-23(17)18/h1-9,12-13H,10-11H2,(H,20,24)/b9-8+. The highest BCUT2D eigenvalue weighted by Crippen LogP contribution is 2.19. The van der Waals surface area contributed by atoms with E-state index in [0.29, 0.717) is 18.7 Å². The quantitative estimate of drug-likeness (QED) is 0.570. The minimum atomic E-state index is -0.172. The highest BCUT2D eigenvalue weighted by atomic mass is 16.3. The van der Waals surface area contributed by atoms with Gasteiger partial charge in [-0.05, 0) is 30.3 Å². The molecule has 1 amide bonds. The first kappa shape index (κ1) is 15.1. The second kappa shape index (κ2) is 6.60. The summed E-state index contributed by atoms with van der Waals surface area (Å²) in [5.41, 5.74) is 1.61. The summed E-state index contributed by atoms with van der Waals surface area (Å²) in [4.78, 5) is 11.9. The molecule has 1 N–H and O–H groups in total. The number of amides is 1. The van der Waals surface area contributed by atoms with E-state index in [0.717, 1.165) is 22.4 Å². The van der Waals surface area contributed by atoms with Gasteiger partial charge in [0.2, 0.25) is 5.91 Å². The van der Waals surface area contributed by atoms with Gasteiger partial charge in [0.25, 0.3) is 0 Å². The number of fused-ring (bicyclic) bond motifs is 2. The first-order valence-corrected chi connectivity index (χ1v) is 8.03. The molecule has 25 heavy (non-hydrogen) atoms. The SMILES string of the molecule is O=C(/C=C/c1cc2ccccc2o1)NCCc1nnc2ccccn12. The van der Waals surface area contributed by atoms with Crippen molar-refractivity contribution < 1.29 is 9.21 Å². The molecule has 0 fully saturated rings. The van der Waals surface area contributed by atoms with Gasteiger partial charge in [-0.1, -0.05) is 24.3 Å². The van der Waals surface area contributed by atoms with Crippen LogP contribution in [0.5, 0.6) is 0 Å². The Kier molecular flexibility index (Phi) is 4.00. The van der Waals surface area contributed by atoms with Gasteiger partial charge in [-0.2, -0.15) is 0 Å². The molecular weight excluding hydrogens is 316 g/mol. The molecule has 3 heterocycles. The van der Waals surface area contributed by atoms with Crippen LogP contribution in [0.4, 0.5) is 0 Å². The van der Waals surface area contributed by atoms with Gasteiger partial charge in [-0.15, -0.1) is 10.2 Å². The number of hydrogen-bond donors (Lipinski definition) is 1. The molecule has 0 saturated carbocycles. The zero-order valence-electron chi connectivity index (χ0n) is 13.4. The third-order valence-electron chi connectivity index (χ3n) is 3.88. The van der Waals surface area contributed by atoms with Crippen LogP contribution >= 0.6 is 0 Å². The number of para-hydroxylation sites is 1. The van der Waals surface area contributed by atoms with E-state index in [1.54, 1.807) is 6.08 Å². The fourth-order valence-electron chi connectivity index (χ4n) is 2.66. The van der Waals surface area contributed by atoms with Crippen molar-refractivity contribution >= 4 is 28.6 Å². The number of pyridine rings is 1. The lowest BCUT2D eigenvalue weighted by Gasteiger charge is -2.01. The van der Waals surface area contributed by atoms with E-state index in [4.69, 9.17) is 4.42 Å². The smallest absolute Gasteiger partial charge is 0.244 e. The molecule has 0 unspecified atom stereocenters. The predicted molar refractivity (Wildman–Crippen MR) is 94.9 cm³/mol. The number of nitrogens with zero attached hydrogens (tertiary/aromatic N) is 3. The Labute approximate surface area is 143 Å². The van der Waals surface area contributed by atoms with Crippen LogP contribution in [0.15, 0.2) is 65.2 Å². The Hall–Kier alpha value is -3.41. The van der Waals surface area contributed by atoms with Crippen LogP contribution < -0.4 is 5.32 Å². The summed E-state index contributed by atoms with van der Waals surface area (Å²) in [6.45, 7) is 0.485. The summed E-state index contributed by atoms with van der Waals surface area (Å²) >= 11 is 0. The molecule has 1 aromatic carbocycles. The van der Waals surface area contributed by atoms with Gasteiger partial charge in [0.1, 0.15) is 17.2 Å². The number of benzene rings is 1. The zero-order chi connectivity index (χ0) is 17.1. The molecule has 0 bridgehead atoms. The Morgan fingerprint density at radius 3 is 2.96 bits per heavy atom. The van der Waals surface area contributed by atoms with Gasteiger partial charge in [0.05, 0.1) is 0 Å². The number of aromatic nitrogens is 3. The van der Waals surface area contributed by atoms with Crippen molar-refractivity contribution in [2.75, 3.05) is 6.54 Å². The minimum Gasteiger partial charge on any atom is -0.457 e. The Bertz CT molecular complexity index is 1030. The number of rotatable bonds is 5. The number of nitrogens with one attached hydrogen (secondary N) is 1. The highest BCUT2D eigenvalue weighted by Gasteiger charge is 2.05. The number of carbonyl (C=O) groups excluding carboxylic acids is 1. The lowest BCUT2D eigenvalue weighted by Crippen LogP contribution is -2.24. The van der Waals surface area contributed by atoms with Crippen molar-refractivity contribution in [2.24, 2.45) is 0 Å². The first-order chi connectivity index (χ1) is 12.3. The van der Waals surface area contributed by atoms with Gasteiger partial charge in [0, 0.05) is 30.6 Å². The fourth-order valence-corrected chi connectivity index (χ4v) is 2.66. The Balaban J connectivity index is 1.34. The highest BCUT2D eigenvalue weighted by molar-refractivity contribution is 5.92. The van der Waals surface area contributed by atoms with Crippen LogP contribution in [0.1, 0.15) is 11.6 Å². The predicted octanol–water partition coefficient (Wildman–Crippen LogP) is 2.85. The van der Waals surface area contributed by atoms with Gasteiger partial charge in [-0.25, -0.2) is 0 Å². The van der Waals surface area contributed by atoms with E-state index in [-0.39, 0.29) is 5.91 Å². The zero-order valence-corrected chi connectivity index (χ0v) is 13.4. The Morgan fingerprint density at radius 1 is 1.16 bits per heavy atom. The van der Waals surface area contributed by atoms with Crippen molar-refractivity contribution in [3.8, 4) is 0 Å². The normalized spacial score (nSPS) is 11.5. The molecule has 0 saturated heterocycles. The van der Waals surface area contributed by atoms with Crippen molar-refractivity contribution in [3.05, 3.63) is 72.4 Å². The maximum Gasteiger partial charge on any atom is 0.244 e. The summed E-state index contributed by atoms with van der Waals surface area (Å²) in [5, 5.41) is 12.1. The van der Waals surface area contributed by atoms with Crippen LogP contribution in [0.2, 0.25) is 0 Å². The van der Waals surface area contributed by atoms with Crippen molar-refractivity contribution in [1.29, 1.82) is 0 Å². The summed E-state index contributed by atoms with van der Waals surface area (Å²) in [7, 11) is 0. The van der Waals surface area contributed by atoms with E-state index in [1.807, 2.05) is 59.1 Å². The van der Waals surface area contributed by atoms with E-state index in [9.17, 15) is 4.79 Å². The summed E-state index contributed by atoms with van der Waals surface area (Å²) in [5.74, 6) is 1.30. The van der Waals surface area contributed by atoms with Crippen molar-refractivity contribution in [2.45, 2.75) is 6.42 Å². The molecule has 3 aromatic heterocycles. The molecule has 0 atom stereocenters. The molecule has 0 aliphatic carbocycles. The number of hydrogen-bond acceptors (Lipinski definition) is 4. The average molecular weight is 332 g/mol. The molecule has 0 aliphatic heterocycles. The van der Waals surface area contributed by atoms with Crippen LogP contribution in [-0.2, 0) is 11.2 Å². The van der Waals surface area contributed by atoms with E-state index >= 15 is 0 Å². The molecular formula is C19H16N4O2. The van der Waals surface area contributed by atoms with Crippen LogP contribution in [0.25, 0.3) is 22.7 Å². The van der Waals surface area contributed by atoms with Gasteiger partial charge in [0.15, 0.2) is 5.65 Å². The second-order valence-electron chi connectivity index (χ2n) is 5.61. The summed E-state index contributed by atoms with van der Waals surface area (Å²) < 4.78 is 7.55. The van der Waals surface area contributed by atoms with Gasteiger partial charge in [-0.3, -0.25) is 9.20 Å². The van der Waals surface area contributed by atoms with Gasteiger partial charge < -0.3 is 9.73 Å². The average Bonchev–Trinajstić information content (AvgIpc) is 3.24. The molecule has 4 rings (SSSR count). The summed E-state index contributed by atoms with van der Waals surface area (Å²) in [6.07, 6.45) is 5.66. The lowest BCUT2D eigenvalue weighted by molar-refractivity contribution is -0.116. The largest absolute Gasteiger partial charge is 0.457 e. The third kappa shape index (κ3) is 3.28. The van der Waals surface area contributed by atoms with E-state index in [2.05, 4.69) is 15.5 Å².